The molecule has 0 aliphatic heterocycles. The number of nitrogens with one attached hydrogen (secondary N) is 1. The van der Waals surface area contributed by atoms with E-state index in [2.05, 4.69) is 0 Å². The summed E-state index contributed by atoms with van der Waals surface area (Å²) in [6, 6.07) is 7.71. The van der Waals surface area contributed by atoms with E-state index in [1.54, 1.807) is 0 Å². The summed E-state index contributed by atoms with van der Waals surface area (Å²) >= 11 is 1.30. The molecule has 0 saturated heterocycles. The summed E-state index contributed by atoms with van der Waals surface area (Å²) in [5, 5.41) is 1.84. The Kier molecular flexibility index (Phi) is 5.53. The monoisotopic (exact) mass is 277 g/mol. The first kappa shape index (κ1) is 14.9. The second-order valence-corrected chi connectivity index (χ2v) is 4.80. The van der Waals surface area contributed by atoms with Crippen molar-refractivity contribution in [3.8, 4) is 0 Å². The molecule has 0 aliphatic rings. The lowest BCUT2D eigenvalue weighted by atomic mass is 10.1. The lowest BCUT2D eigenvalue weighted by Crippen LogP contribution is -2.34. The van der Waals surface area contributed by atoms with Crippen molar-refractivity contribution in [1.82, 2.24) is 5.32 Å². The van der Waals surface area contributed by atoms with Gasteiger partial charge in [0.15, 0.2) is 0 Å². The van der Waals surface area contributed by atoms with Crippen LogP contribution < -0.4 is 5.32 Å². The smallest absolute Gasteiger partial charge is 0.346 e. The largest absolute Gasteiger partial charge is 0.405 e. The van der Waals surface area contributed by atoms with Gasteiger partial charge in [0, 0.05) is 5.75 Å². The van der Waals surface area contributed by atoms with Gasteiger partial charge in [0.1, 0.15) is 6.54 Å². The van der Waals surface area contributed by atoms with Gasteiger partial charge in [0.25, 0.3) is 0 Å². The van der Waals surface area contributed by atoms with Crippen molar-refractivity contribution in [3.63, 3.8) is 0 Å². The third-order valence-electron chi connectivity index (χ3n) is 2.24. The zero-order valence-corrected chi connectivity index (χ0v) is 10.7. The van der Waals surface area contributed by atoms with Crippen LogP contribution in [0.4, 0.5) is 13.2 Å². The molecule has 0 saturated carbocycles. The van der Waals surface area contributed by atoms with Crippen molar-refractivity contribution in [3.05, 3.63) is 35.4 Å². The van der Waals surface area contributed by atoms with E-state index in [1.165, 1.54) is 11.8 Å². The van der Waals surface area contributed by atoms with Gasteiger partial charge in [0.05, 0.1) is 5.75 Å². The zero-order chi connectivity index (χ0) is 13.6. The second kappa shape index (κ2) is 6.68. The number of alkyl halides is 3. The van der Waals surface area contributed by atoms with E-state index in [4.69, 9.17) is 0 Å². The van der Waals surface area contributed by atoms with Crippen LogP contribution >= 0.6 is 11.8 Å². The fraction of sp³-hybridized carbons (Fsp3) is 0.417. The molecule has 1 amide bonds. The summed E-state index contributed by atoms with van der Waals surface area (Å²) in [6.07, 6.45) is -4.35. The number of carbonyl (C=O) groups excluding carboxylic acids is 1. The van der Waals surface area contributed by atoms with Gasteiger partial charge in [-0.3, -0.25) is 4.79 Å². The molecule has 0 atom stereocenters. The van der Waals surface area contributed by atoms with E-state index in [1.807, 2.05) is 36.5 Å². The predicted octanol–water partition coefficient (Wildman–Crippen LogP) is 2.91. The SMILES string of the molecule is Cc1ccccc1CSCC(=O)NCC(F)(F)F. The van der Waals surface area contributed by atoms with Gasteiger partial charge in [-0.25, -0.2) is 0 Å². The van der Waals surface area contributed by atoms with Gasteiger partial charge in [-0.2, -0.15) is 13.2 Å². The highest BCUT2D eigenvalue weighted by atomic mass is 32.2. The summed E-state index contributed by atoms with van der Waals surface area (Å²) in [5.41, 5.74) is 2.20. The Balaban J connectivity index is 2.26. The minimum atomic E-state index is -4.35. The summed E-state index contributed by atoms with van der Waals surface area (Å²) in [6.45, 7) is 0.691. The highest BCUT2D eigenvalue weighted by molar-refractivity contribution is 7.99. The van der Waals surface area contributed by atoms with Crippen LogP contribution in [0, 0.1) is 6.92 Å². The van der Waals surface area contributed by atoms with Crippen molar-refractivity contribution in [2.45, 2.75) is 18.9 Å². The molecule has 2 nitrogen and oxygen atoms in total. The van der Waals surface area contributed by atoms with Gasteiger partial charge in [-0.1, -0.05) is 24.3 Å². The van der Waals surface area contributed by atoms with Crippen molar-refractivity contribution in [2.24, 2.45) is 0 Å². The number of carbonyl (C=O) groups is 1. The van der Waals surface area contributed by atoms with Gasteiger partial charge in [-0.15, -0.1) is 11.8 Å². The molecule has 0 aromatic heterocycles. The quantitative estimate of drug-likeness (QED) is 0.896. The summed E-state index contributed by atoms with van der Waals surface area (Å²) in [5.74, 6) is 0.0576. The highest BCUT2D eigenvalue weighted by Gasteiger charge is 2.27. The van der Waals surface area contributed by atoms with Crippen LogP contribution in [0.15, 0.2) is 24.3 Å². The number of benzene rings is 1. The Labute approximate surface area is 108 Å². The molecule has 0 heterocycles. The molecule has 18 heavy (non-hydrogen) atoms. The van der Waals surface area contributed by atoms with Crippen molar-refractivity contribution in [2.75, 3.05) is 12.3 Å². The Hall–Kier alpha value is -1.17. The van der Waals surface area contributed by atoms with Crippen LogP contribution in [0.2, 0.25) is 0 Å². The minimum Gasteiger partial charge on any atom is -0.346 e. The highest BCUT2D eigenvalue weighted by Crippen LogP contribution is 2.16. The Morgan fingerprint density at radius 3 is 2.61 bits per heavy atom. The molecule has 6 heteroatoms. The van der Waals surface area contributed by atoms with Gasteiger partial charge >= 0.3 is 6.18 Å². The van der Waals surface area contributed by atoms with Crippen LogP contribution in [0.25, 0.3) is 0 Å². The molecule has 0 fully saturated rings. The van der Waals surface area contributed by atoms with E-state index in [0.717, 1.165) is 11.1 Å². The predicted molar refractivity (Wildman–Crippen MR) is 66.4 cm³/mol. The minimum absolute atomic E-state index is 0.0322. The van der Waals surface area contributed by atoms with Gasteiger partial charge in [-0.05, 0) is 18.1 Å². The standard InChI is InChI=1S/C12H14F3NOS/c1-9-4-2-3-5-10(9)6-18-7-11(17)16-8-12(13,14)15/h2-5H,6-8H2,1H3,(H,16,17). The van der Waals surface area contributed by atoms with E-state index in [0.29, 0.717) is 5.75 Å². The average molecular weight is 277 g/mol. The molecule has 0 bridgehead atoms. The number of thioether (sulfide) groups is 1. The third kappa shape index (κ3) is 5.95. The Morgan fingerprint density at radius 1 is 1.33 bits per heavy atom. The first-order chi connectivity index (χ1) is 8.38. The number of aryl methyl sites for hydroxylation is 1. The lowest BCUT2D eigenvalue weighted by Gasteiger charge is -2.08. The van der Waals surface area contributed by atoms with Crippen molar-refractivity contribution in [1.29, 1.82) is 0 Å². The number of amides is 1. The van der Waals surface area contributed by atoms with Crippen LogP contribution in [-0.4, -0.2) is 24.4 Å². The first-order valence-corrected chi connectivity index (χ1v) is 6.49. The molecule has 1 aromatic carbocycles. The van der Waals surface area contributed by atoms with Crippen molar-refractivity contribution >= 4 is 17.7 Å². The maximum absolute atomic E-state index is 11.8. The third-order valence-corrected chi connectivity index (χ3v) is 3.22. The van der Waals surface area contributed by atoms with Crippen LogP contribution in [-0.2, 0) is 10.5 Å². The van der Waals surface area contributed by atoms with E-state index in [9.17, 15) is 18.0 Å². The van der Waals surface area contributed by atoms with Gasteiger partial charge < -0.3 is 5.32 Å². The number of hydrogen-bond donors (Lipinski definition) is 1. The van der Waals surface area contributed by atoms with Gasteiger partial charge in [0.2, 0.25) is 5.91 Å². The second-order valence-electron chi connectivity index (χ2n) is 3.81. The fourth-order valence-electron chi connectivity index (χ4n) is 1.28. The molecule has 0 radical (unpaired) electrons. The zero-order valence-electron chi connectivity index (χ0n) is 9.88. The summed E-state index contributed by atoms with van der Waals surface area (Å²) < 4.78 is 35.5. The maximum Gasteiger partial charge on any atom is 0.405 e. The normalized spacial score (nSPS) is 11.3. The summed E-state index contributed by atoms with van der Waals surface area (Å²) in [4.78, 5) is 11.1. The molecule has 100 valence electrons. The Bertz CT molecular complexity index is 407. The van der Waals surface area contributed by atoms with Crippen molar-refractivity contribution < 1.29 is 18.0 Å². The molecule has 1 aromatic rings. The van der Waals surface area contributed by atoms with Crippen LogP contribution in [0.3, 0.4) is 0 Å². The van der Waals surface area contributed by atoms with Crippen LogP contribution in [0.5, 0.6) is 0 Å². The maximum atomic E-state index is 11.8. The number of halogens is 3. The Morgan fingerprint density at radius 2 is 2.00 bits per heavy atom. The molecular formula is C12H14F3NOS. The average Bonchev–Trinajstić information content (AvgIpc) is 2.28. The van der Waals surface area contributed by atoms with E-state index in [-0.39, 0.29) is 5.75 Å². The lowest BCUT2D eigenvalue weighted by molar-refractivity contribution is -0.136. The molecule has 0 unspecified atom stereocenters. The first-order valence-electron chi connectivity index (χ1n) is 5.34. The summed E-state index contributed by atoms with van der Waals surface area (Å²) in [7, 11) is 0. The fourth-order valence-corrected chi connectivity index (χ4v) is 2.21. The molecular weight excluding hydrogens is 263 g/mol. The van der Waals surface area contributed by atoms with E-state index >= 15 is 0 Å². The molecule has 0 spiro atoms. The number of rotatable bonds is 5. The number of hydrogen-bond acceptors (Lipinski definition) is 2. The molecule has 1 N–H and O–H groups in total. The van der Waals surface area contributed by atoms with Crippen LogP contribution in [0.1, 0.15) is 11.1 Å². The molecule has 0 aliphatic carbocycles. The topological polar surface area (TPSA) is 29.1 Å². The van der Waals surface area contributed by atoms with E-state index < -0.39 is 18.6 Å². The molecule has 1 rings (SSSR count).